The van der Waals surface area contributed by atoms with Gasteiger partial charge in [0.05, 0.1) is 13.0 Å². The monoisotopic (exact) mass is 533 g/mol. The van der Waals surface area contributed by atoms with Crippen LogP contribution in [0.4, 0.5) is 0 Å². The largest absolute Gasteiger partial charge is 0.481 e. The summed E-state index contributed by atoms with van der Waals surface area (Å²) in [6.07, 6.45) is -4.81. The maximum Gasteiger partial charge on any atom is 0.403 e. The number of nitrogens with zero attached hydrogens (tertiary/aromatic N) is 1. The van der Waals surface area contributed by atoms with Crippen molar-refractivity contribution in [2.24, 2.45) is 0 Å². The minimum absolute atomic E-state index is 0.682. The molecule has 0 aliphatic carbocycles. The van der Waals surface area contributed by atoms with Gasteiger partial charge in [0.25, 0.3) is 5.56 Å². The number of rotatable bonds is 12. The third kappa shape index (κ3) is 7.60. The van der Waals surface area contributed by atoms with Crippen LogP contribution in [0, 0.1) is 0 Å². The van der Waals surface area contributed by atoms with Crippen LogP contribution in [-0.4, -0.2) is 74.7 Å². The van der Waals surface area contributed by atoms with Crippen LogP contribution >= 0.6 is 27.2 Å². The maximum absolute atomic E-state index is 12.3. The van der Waals surface area contributed by atoms with Gasteiger partial charge in [-0.3, -0.25) is 33.0 Å². The molecule has 5 unspecified atom stereocenters. The van der Waals surface area contributed by atoms with Crippen LogP contribution in [-0.2, 0) is 37.2 Å². The highest BCUT2D eigenvalue weighted by molar-refractivity contribution is 8.39. The quantitative estimate of drug-likeness (QED) is 0.137. The predicted octanol–water partition coefficient (Wildman–Crippen LogP) is -1.21. The summed E-state index contributed by atoms with van der Waals surface area (Å²) in [6.45, 7) is -0.762. The maximum atomic E-state index is 12.3. The molecule has 0 aromatic carbocycles. The number of hydrogen-bond acceptors (Lipinski definition) is 10. The standard InChI is InChI=1S/C14H21N3O13P2S/c1-27-11-10(30-31(24)33)7(29-12(11)17-3-2-8(18)15-14(17)23)5-28-32(25,26)16-6(13(21)22)4-9(19)20/h2-3,6-7,10-12,31H,4-5H2,1H3,(H,19,20)(H,21,22)(H,24,33)(H,15,18,23)(H2,16,25,26)/t6?,7?,10?,11-,12+/m0/s1. The van der Waals surface area contributed by atoms with Gasteiger partial charge < -0.3 is 29.1 Å². The fraction of sp³-hybridized carbons (Fsp3) is 0.571. The SMILES string of the molecule is CO[C@H]1C(O[PH](=O)S)C(COP(=O)(O)NC(CC(=O)O)C(=O)O)O[C@H]1n1ccc(=O)[nH]c1=O. The van der Waals surface area contributed by atoms with Crippen molar-refractivity contribution in [1.82, 2.24) is 14.6 Å². The summed E-state index contributed by atoms with van der Waals surface area (Å²) in [4.78, 5) is 57.3. The number of nitrogens with one attached hydrogen (secondary N) is 2. The van der Waals surface area contributed by atoms with E-state index in [4.69, 9.17) is 28.7 Å². The van der Waals surface area contributed by atoms with Gasteiger partial charge in [-0.2, -0.15) is 0 Å². The lowest BCUT2D eigenvalue weighted by molar-refractivity contribution is -0.145. The third-order valence-electron chi connectivity index (χ3n) is 4.33. The van der Waals surface area contributed by atoms with Gasteiger partial charge >= 0.3 is 25.4 Å². The second-order valence-corrected chi connectivity index (χ2v) is 9.99. The summed E-state index contributed by atoms with van der Waals surface area (Å²) in [5.41, 5.74) is -1.56. The van der Waals surface area contributed by atoms with Gasteiger partial charge in [0.15, 0.2) is 6.23 Å². The highest BCUT2D eigenvalue weighted by atomic mass is 32.7. The lowest BCUT2D eigenvalue weighted by atomic mass is 10.1. The molecular formula is C14H21N3O13P2S. The van der Waals surface area contributed by atoms with Crippen molar-refractivity contribution in [3.63, 3.8) is 0 Å². The molecule has 0 amide bonds. The fourth-order valence-electron chi connectivity index (χ4n) is 2.97. The van der Waals surface area contributed by atoms with E-state index in [1.54, 1.807) is 5.09 Å². The topological polar surface area (TPSA) is 233 Å². The van der Waals surface area contributed by atoms with Gasteiger partial charge in [0.1, 0.15) is 24.4 Å². The van der Waals surface area contributed by atoms with E-state index in [2.05, 4.69) is 12.2 Å². The fourth-order valence-corrected chi connectivity index (χ4v) is 4.88. The van der Waals surface area contributed by atoms with Gasteiger partial charge in [-0.15, -0.1) is 0 Å². The number of carboxylic acids is 2. The molecule has 1 fully saturated rings. The minimum Gasteiger partial charge on any atom is -0.481 e. The second-order valence-electron chi connectivity index (χ2n) is 6.57. The summed E-state index contributed by atoms with van der Waals surface area (Å²) >= 11 is 3.69. The van der Waals surface area contributed by atoms with Gasteiger partial charge in [-0.25, -0.2) is 14.4 Å². The average Bonchev–Trinajstić information content (AvgIpc) is 3.01. The van der Waals surface area contributed by atoms with Gasteiger partial charge in [-0.1, -0.05) is 12.2 Å². The molecule has 7 atom stereocenters. The molecule has 0 saturated carbocycles. The zero-order chi connectivity index (χ0) is 24.9. The normalized spacial score (nSPS) is 26.4. The minimum atomic E-state index is -4.88. The van der Waals surface area contributed by atoms with E-state index in [9.17, 15) is 33.2 Å². The zero-order valence-electron chi connectivity index (χ0n) is 16.7. The van der Waals surface area contributed by atoms with E-state index in [-0.39, 0.29) is 0 Å². The molecule has 16 nitrogen and oxygen atoms in total. The Hall–Kier alpha value is -1.81. The van der Waals surface area contributed by atoms with Gasteiger partial charge in [0.2, 0.25) is 7.23 Å². The number of methoxy groups -OCH3 is 1. The summed E-state index contributed by atoms with van der Waals surface area (Å²) in [7, 11) is -6.58. The Bertz CT molecular complexity index is 1060. The van der Waals surface area contributed by atoms with Crippen LogP contribution in [0.15, 0.2) is 21.9 Å². The molecule has 1 aliphatic heterocycles. The van der Waals surface area contributed by atoms with Crippen LogP contribution in [0.2, 0.25) is 0 Å². The first-order valence-electron chi connectivity index (χ1n) is 8.93. The highest BCUT2D eigenvalue weighted by Gasteiger charge is 2.48. The number of aliphatic carboxylic acids is 2. The molecule has 1 saturated heterocycles. The molecule has 5 N–H and O–H groups in total. The van der Waals surface area contributed by atoms with Gasteiger partial charge in [0, 0.05) is 19.4 Å². The number of H-pyrrole nitrogens is 1. The van der Waals surface area contributed by atoms with E-state index >= 15 is 0 Å². The van der Waals surface area contributed by atoms with Crippen LogP contribution < -0.4 is 16.3 Å². The Labute approximate surface area is 190 Å². The molecule has 1 aromatic rings. The number of carboxylic acid groups (broad SMARTS) is 2. The van der Waals surface area contributed by atoms with Crippen molar-refractivity contribution in [1.29, 1.82) is 0 Å². The van der Waals surface area contributed by atoms with E-state index in [0.29, 0.717) is 0 Å². The zero-order valence-corrected chi connectivity index (χ0v) is 19.5. The summed E-state index contributed by atoms with van der Waals surface area (Å²) in [5.74, 6) is -3.25. The molecular weight excluding hydrogens is 512 g/mol. The number of ether oxygens (including phenoxy) is 2. The summed E-state index contributed by atoms with van der Waals surface area (Å²) < 4.78 is 45.8. The van der Waals surface area contributed by atoms with Crippen LogP contribution in [0.3, 0.4) is 0 Å². The molecule has 0 radical (unpaired) electrons. The van der Waals surface area contributed by atoms with Gasteiger partial charge in [-0.05, 0) is 0 Å². The number of aromatic amines is 1. The predicted molar refractivity (Wildman–Crippen MR) is 111 cm³/mol. The Morgan fingerprint density at radius 3 is 2.58 bits per heavy atom. The molecule has 1 aromatic heterocycles. The number of thiol groups is 1. The van der Waals surface area contributed by atoms with E-state index in [1.165, 1.54) is 7.11 Å². The molecule has 2 rings (SSSR count). The summed E-state index contributed by atoms with van der Waals surface area (Å²) in [5, 5.41) is 19.4. The van der Waals surface area contributed by atoms with Crippen molar-refractivity contribution in [2.45, 2.75) is 37.0 Å². The number of aromatic nitrogens is 2. The Morgan fingerprint density at radius 2 is 2.06 bits per heavy atom. The molecule has 19 heteroatoms. The van der Waals surface area contributed by atoms with Crippen molar-refractivity contribution in [3.8, 4) is 0 Å². The molecule has 0 bridgehead atoms. The lowest BCUT2D eigenvalue weighted by Gasteiger charge is -2.23. The van der Waals surface area contributed by atoms with E-state index < -0.39 is 81.8 Å². The smallest absolute Gasteiger partial charge is 0.403 e. The third-order valence-corrected chi connectivity index (χ3v) is 6.26. The highest BCUT2D eigenvalue weighted by Crippen LogP contribution is 2.43. The first-order chi connectivity index (χ1) is 15.3. The molecule has 33 heavy (non-hydrogen) atoms. The summed E-state index contributed by atoms with van der Waals surface area (Å²) in [6, 6.07) is -0.915. The average molecular weight is 533 g/mol. The van der Waals surface area contributed by atoms with E-state index in [1.807, 2.05) is 4.98 Å². The molecule has 1 aliphatic rings. The Kier molecular flexibility index (Phi) is 9.60. The first-order valence-corrected chi connectivity index (χ1v) is 13.1. The molecule has 186 valence electrons. The Morgan fingerprint density at radius 1 is 1.39 bits per heavy atom. The van der Waals surface area contributed by atoms with E-state index in [0.717, 1.165) is 16.8 Å². The first kappa shape index (κ1) is 27.4. The van der Waals surface area contributed by atoms with Crippen LogP contribution in [0.25, 0.3) is 0 Å². The van der Waals surface area contributed by atoms with Crippen molar-refractivity contribution in [3.05, 3.63) is 33.1 Å². The van der Waals surface area contributed by atoms with Crippen molar-refractivity contribution in [2.75, 3.05) is 13.7 Å². The van der Waals surface area contributed by atoms with Crippen molar-refractivity contribution < 1.29 is 52.3 Å². The lowest BCUT2D eigenvalue weighted by Crippen LogP contribution is -2.40. The van der Waals surface area contributed by atoms with Crippen molar-refractivity contribution >= 4 is 39.2 Å². The molecule has 0 spiro atoms. The Balaban J connectivity index is 2.23. The second kappa shape index (κ2) is 11.6. The van der Waals surface area contributed by atoms with Crippen LogP contribution in [0.5, 0.6) is 0 Å². The molecule has 2 heterocycles. The number of hydrogen-bond donors (Lipinski definition) is 6. The van der Waals surface area contributed by atoms with Crippen LogP contribution in [0.1, 0.15) is 12.6 Å². The number of carbonyl (C=O) groups is 2.